The van der Waals surface area contributed by atoms with Crippen molar-refractivity contribution in [1.82, 2.24) is 0 Å². The smallest absolute Gasteiger partial charge is 0.467 e. The van der Waals surface area contributed by atoms with Gasteiger partial charge in [0.05, 0.1) is 6.61 Å². The van der Waals surface area contributed by atoms with Crippen molar-refractivity contribution >= 4 is 33.2 Å². The molecule has 0 rings (SSSR count). The fraction of sp³-hybridized carbons (Fsp3) is 0.854. The second-order valence-corrected chi connectivity index (χ2v) is 18.5. The van der Waals surface area contributed by atoms with Gasteiger partial charge >= 0.3 is 9.53 Å². The average Bonchev–Trinajstić information content (AvgIpc) is 3.19. The first-order valence-electron chi connectivity index (χ1n) is 23.9. The zero-order valence-electron chi connectivity index (χ0n) is 37.0. The van der Waals surface area contributed by atoms with Crippen LogP contribution in [0.3, 0.4) is 0 Å². The van der Waals surface area contributed by atoms with Gasteiger partial charge in [0.15, 0.2) is 0 Å². The highest BCUT2D eigenvalue weighted by Crippen LogP contribution is 2.20. The van der Waals surface area contributed by atoms with Gasteiger partial charge in [-0.2, -0.15) is 5.26 Å². The Morgan fingerprint density at radius 2 is 0.821 bits per heavy atom. The molecule has 326 valence electrons. The van der Waals surface area contributed by atoms with Crippen LogP contribution in [0.15, 0.2) is 24.3 Å². The van der Waals surface area contributed by atoms with Crippen LogP contribution in [0.5, 0.6) is 0 Å². The first-order valence-corrected chi connectivity index (χ1v) is 26.2. The van der Waals surface area contributed by atoms with Crippen LogP contribution in [-0.2, 0) is 22.9 Å². The van der Waals surface area contributed by atoms with E-state index in [0.29, 0.717) is 12.8 Å². The number of carbonyl (C=O) groups excluding carboxylic acids is 2. The maximum atomic E-state index is 12.8. The van der Waals surface area contributed by atoms with E-state index in [1.807, 2.05) is 0 Å². The third kappa shape index (κ3) is 42.1. The Kier molecular flexibility index (Phi) is 44.8. The summed E-state index contributed by atoms with van der Waals surface area (Å²) in [4.78, 5) is 25.7. The summed E-state index contributed by atoms with van der Waals surface area (Å²) in [6, 6.07) is 0. The van der Waals surface area contributed by atoms with Crippen LogP contribution < -0.4 is 0 Å². The quantitative estimate of drug-likeness (QED) is 0.0262. The van der Waals surface area contributed by atoms with E-state index < -0.39 is 9.53 Å². The maximum absolute atomic E-state index is 12.8. The SMILES string of the molecule is CCCCCCCC/C=C\CCCCCCCC(=O)O[SiH](OCC(CCCCCCCCC)SC#N)OC(=O)CCCCCCC/C=C\CCCCCCCC. The number of hydrogen-bond acceptors (Lipinski definition) is 7. The van der Waals surface area contributed by atoms with Crippen molar-refractivity contribution in [1.29, 1.82) is 5.26 Å². The van der Waals surface area contributed by atoms with Crippen molar-refractivity contribution < 1.29 is 22.9 Å². The Balaban J connectivity index is 4.51. The number of unbranched alkanes of at least 4 members (excludes halogenated alkanes) is 28. The molecular weight excluding hydrogens is 731 g/mol. The van der Waals surface area contributed by atoms with Crippen LogP contribution in [0.4, 0.5) is 0 Å². The molecule has 0 aliphatic carbocycles. The molecule has 0 aliphatic heterocycles. The van der Waals surface area contributed by atoms with Gasteiger partial charge < -0.3 is 13.3 Å². The summed E-state index contributed by atoms with van der Waals surface area (Å²) in [7, 11) is -3.02. The summed E-state index contributed by atoms with van der Waals surface area (Å²) >= 11 is 1.21. The van der Waals surface area contributed by atoms with Crippen LogP contribution in [0.2, 0.25) is 0 Å². The molecule has 56 heavy (non-hydrogen) atoms. The Hall–Kier alpha value is -1.56. The highest BCUT2D eigenvalue weighted by Gasteiger charge is 2.27. The second-order valence-electron chi connectivity index (χ2n) is 16.0. The number of thioether (sulfide) groups is 1. The third-order valence-electron chi connectivity index (χ3n) is 10.5. The molecule has 0 radical (unpaired) electrons. The minimum absolute atomic E-state index is 0.0289. The zero-order valence-corrected chi connectivity index (χ0v) is 39.0. The molecule has 0 fully saturated rings. The molecular formula is C48H89NO5SSi. The maximum Gasteiger partial charge on any atom is 0.619 e. The fourth-order valence-corrected chi connectivity index (χ4v) is 8.83. The molecule has 0 N–H and O–H groups in total. The number of rotatable bonds is 44. The number of thiocyanates is 1. The van der Waals surface area contributed by atoms with E-state index in [2.05, 4.69) is 50.5 Å². The molecule has 0 aliphatic rings. The number of nitrogens with zero attached hydrogens (tertiary/aromatic N) is 1. The first kappa shape index (κ1) is 54.4. The lowest BCUT2D eigenvalue weighted by atomic mass is 10.1. The highest BCUT2D eigenvalue weighted by molar-refractivity contribution is 8.04. The lowest BCUT2D eigenvalue weighted by molar-refractivity contribution is -0.143. The highest BCUT2D eigenvalue weighted by atomic mass is 32.2. The van der Waals surface area contributed by atoms with Gasteiger partial charge in [0.25, 0.3) is 11.9 Å². The summed E-state index contributed by atoms with van der Waals surface area (Å²) < 4.78 is 17.4. The molecule has 0 saturated heterocycles. The molecule has 0 aromatic carbocycles. The monoisotopic (exact) mass is 820 g/mol. The van der Waals surface area contributed by atoms with E-state index in [-0.39, 0.29) is 23.8 Å². The van der Waals surface area contributed by atoms with Crippen molar-refractivity contribution in [2.75, 3.05) is 6.61 Å². The van der Waals surface area contributed by atoms with Gasteiger partial charge in [0, 0.05) is 18.1 Å². The van der Waals surface area contributed by atoms with Gasteiger partial charge in [0.2, 0.25) is 0 Å². The summed E-state index contributed by atoms with van der Waals surface area (Å²) in [6.45, 7) is 7.01. The van der Waals surface area contributed by atoms with Gasteiger partial charge in [-0.3, -0.25) is 9.59 Å². The van der Waals surface area contributed by atoms with E-state index in [9.17, 15) is 14.9 Å². The normalized spacial score (nSPS) is 12.2. The van der Waals surface area contributed by atoms with E-state index in [0.717, 1.165) is 70.6 Å². The summed E-state index contributed by atoms with van der Waals surface area (Å²) in [6.07, 6.45) is 50.6. The van der Waals surface area contributed by atoms with Crippen LogP contribution in [-0.4, -0.2) is 33.3 Å². The number of allylic oxidation sites excluding steroid dienone is 4. The zero-order chi connectivity index (χ0) is 40.8. The largest absolute Gasteiger partial charge is 0.619 e. The van der Waals surface area contributed by atoms with E-state index >= 15 is 0 Å². The molecule has 1 unspecified atom stereocenters. The van der Waals surface area contributed by atoms with Gasteiger partial charge in [-0.25, -0.2) is 0 Å². The molecule has 0 aromatic rings. The molecule has 0 heterocycles. The summed E-state index contributed by atoms with van der Waals surface area (Å²) in [5, 5.41) is 11.6. The Labute approximate surface area is 353 Å². The molecule has 1 atom stereocenters. The number of nitriles is 1. The van der Waals surface area contributed by atoms with Gasteiger partial charge in [-0.05, 0) is 82.4 Å². The van der Waals surface area contributed by atoms with Crippen molar-refractivity contribution in [3.63, 3.8) is 0 Å². The summed E-state index contributed by atoms with van der Waals surface area (Å²) in [5.74, 6) is -0.686. The van der Waals surface area contributed by atoms with Gasteiger partial charge in [-0.15, -0.1) is 0 Å². The Morgan fingerprint density at radius 1 is 0.500 bits per heavy atom. The topological polar surface area (TPSA) is 85.6 Å². The average molecular weight is 820 g/mol. The second kappa shape index (κ2) is 46.1. The van der Waals surface area contributed by atoms with Crippen LogP contribution in [0.25, 0.3) is 0 Å². The van der Waals surface area contributed by atoms with Gasteiger partial charge in [0.1, 0.15) is 5.40 Å². The molecule has 0 aromatic heterocycles. The predicted octanol–water partition coefficient (Wildman–Crippen LogP) is 15.6. The molecule has 0 spiro atoms. The van der Waals surface area contributed by atoms with Crippen LogP contribution in [0.1, 0.15) is 252 Å². The lowest BCUT2D eigenvalue weighted by Gasteiger charge is -2.19. The molecule has 0 saturated carbocycles. The van der Waals surface area contributed by atoms with Gasteiger partial charge in [-0.1, -0.05) is 193 Å². The predicted molar refractivity (Wildman–Crippen MR) is 244 cm³/mol. The Bertz CT molecular complexity index is 900. The lowest BCUT2D eigenvalue weighted by Crippen LogP contribution is -2.34. The summed E-state index contributed by atoms with van der Waals surface area (Å²) in [5.41, 5.74) is 0. The van der Waals surface area contributed by atoms with Crippen LogP contribution in [0, 0.1) is 10.7 Å². The van der Waals surface area contributed by atoms with Crippen molar-refractivity contribution in [2.45, 2.75) is 257 Å². The first-order chi connectivity index (χ1) is 27.6. The minimum atomic E-state index is -3.02. The van der Waals surface area contributed by atoms with Crippen LogP contribution >= 0.6 is 11.8 Å². The molecule has 8 heteroatoms. The van der Waals surface area contributed by atoms with E-state index in [1.165, 1.54) is 159 Å². The third-order valence-corrected chi connectivity index (χ3v) is 12.7. The molecule has 0 bridgehead atoms. The number of hydrogen-bond donors (Lipinski definition) is 0. The van der Waals surface area contributed by atoms with Crippen molar-refractivity contribution in [3.05, 3.63) is 24.3 Å². The van der Waals surface area contributed by atoms with E-state index in [1.54, 1.807) is 0 Å². The minimum Gasteiger partial charge on any atom is -0.467 e. The standard InChI is InChI=1S/C48H89NO5SSi/c1-4-7-10-13-16-18-20-22-24-26-28-30-33-36-39-42-47(50)53-56(52-44-46(55-45-49)41-38-35-32-15-12-9-6-3)54-48(51)43-40-37-34-31-29-27-25-23-21-19-17-14-11-8-5-2/h22-25,46,56H,4-21,26-44H2,1-3H3/b24-22-,25-23-. The Morgan fingerprint density at radius 3 is 1.18 bits per heavy atom. The van der Waals surface area contributed by atoms with Crippen molar-refractivity contribution in [3.8, 4) is 5.40 Å². The number of carbonyl (C=O) groups is 2. The van der Waals surface area contributed by atoms with E-state index in [4.69, 9.17) is 13.3 Å². The molecule has 0 amide bonds. The fourth-order valence-electron chi connectivity index (χ4n) is 6.87. The van der Waals surface area contributed by atoms with Crippen molar-refractivity contribution in [2.24, 2.45) is 0 Å². The molecule has 6 nitrogen and oxygen atoms in total.